The highest BCUT2D eigenvalue weighted by Gasteiger charge is 2.04. The predicted octanol–water partition coefficient (Wildman–Crippen LogP) is 3.88. The molecule has 0 amide bonds. The van der Waals surface area contributed by atoms with Crippen molar-refractivity contribution >= 4 is 22.9 Å². The Bertz CT molecular complexity index is 490. The van der Waals surface area contributed by atoms with Crippen molar-refractivity contribution in [2.45, 2.75) is 13.3 Å². The normalized spacial score (nSPS) is 10.7. The third-order valence-electron chi connectivity index (χ3n) is 2.54. The van der Waals surface area contributed by atoms with E-state index in [0.717, 1.165) is 17.0 Å². The molecule has 1 aromatic heterocycles. The number of benzene rings is 1. The van der Waals surface area contributed by atoms with E-state index in [-0.39, 0.29) is 0 Å². The van der Waals surface area contributed by atoms with Crippen molar-refractivity contribution < 1.29 is 0 Å². The van der Waals surface area contributed by atoms with E-state index >= 15 is 0 Å². The van der Waals surface area contributed by atoms with E-state index in [1.807, 2.05) is 13.0 Å². The van der Waals surface area contributed by atoms with Crippen LogP contribution < -0.4 is 5.73 Å². The van der Waals surface area contributed by atoms with Crippen LogP contribution in [0.5, 0.6) is 0 Å². The first-order valence-electron chi connectivity index (χ1n) is 5.24. The Hall–Kier alpha value is -0.830. The minimum absolute atomic E-state index is 0.699. The summed E-state index contributed by atoms with van der Waals surface area (Å²) < 4.78 is 0. The fourth-order valence-electron chi connectivity index (χ4n) is 1.57. The SMILES string of the molecule is Cc1ccc(-c2cc(CCN)cs2)cc1Cl. The van der Waals surface area contributed by atoms with Crippen LogP contribution in [0.1, 0.15) is 11.1 Å². The summed E-state index contributed by atoms with van der Waals surface area (Å²) in [4.78, 5) is 1.25. The number of halogens is 1. The molecule has 3 heteroatoms. The standard InChI is InChI=1S/C13H14ClNS/c1-9-2-3-11(7-12(9)14)13-6-10(4-5-15)8-16-13/h2-3,6-8H,4-5,15H2,1H3. The monoisotopic (exact) mass is 251 g/mol. The highest BCUT2D eigenvalue weighted by atomic mass is 35.5. The molecule has 0 aliphatic heterocycles. The zero-order valence-corrected chi connectivity index (χ0v) is 10.7. The first-order chi connectivity index (χ1) is 7.70. The van der Waals surface area contributed by atoms with E-state index < -0.39 is 0 Å². The number of nitrogens with two attached hydrogens (primary N) is 1. The van der Waals surface area contributed by atoms with Gasteiger partial charge in [0.05, 0.1) is 0 Å². The van der Waals surface area contributed by atoms with Crippen LogP contribution in [0.4, 0.5) is 0 Å². The molecule has 1 aromatic carbocycles. The van der Waals surface area contributed by atoms with Gasteiger partial charge in [0.25, 0.3) is 0 Å². The van der Waals surface area contributed by atoms with Gasteiger partial charge in [0.15, 0.2) is 0 Å². The zero-order valence-electron chi connectivity index (χ0n) is 9.16. The van der Waals surface area contributed by atoms with Gasteiger partial charge in [0.2, 0.25) is 0 Å². The molecule has 84 valence electrons. The number of aryl methyl sites for hydroxylation is 1. The van der Waals surface area contributed by atoms with Crippen molar-refractivity contribution in [3.63, 3.8) is 0 Å². The molecule has 0 radical (unpaired) electrons. The van der Waals surface area contributed by atoms with Gasteiger partial charge < -0.3 is 5.73 Å². The summed E-state index contributed by atoms with van der Waals surface area (Å²) in [5, 5.41) is 2.99. The van der Waals surface area contributed by atoms with Crippen molar-refractivity contribution in [2.24, 2.45) is 5.73 Å². The van der Waals surface area contributed by atoms with Crippen LogP contribution in [0.2, 0.25) is 5.02 Å². The molecule has 2 rings (SSSR count). The molecule has 2 N–H and O–H groups in total. The van der Waals surface area contributed by atoms with Gasteiger partial charge in [-0.25, -0.2) is 0 Å². The molecule has 0 unspecified atom stereocenters. The molecular weight excluding hydrogens is 238 g/mol. The smallest absolute Gasteiger partial charge is 0.0441 e. The number of hydrogen-bond donors (Lipinski definition) is 1. The van der Waals surface area contributed by atoms with Crippen molar-refractivity contribution in [1.82, 2.24) is 0 Å². The van der Waals surface area contributed by atoms with Gasteiger partial charge >= 0.3 is 0 Å². The lowest BCUT2D eigenvalue weighted by atomic mass is 10.1. The minimum atomic E-state index is 0.699. The van der Waals surface area contributed by atoms with Crippen LogP contribution in [0.3, 0.4) is 0 Å². The van der Waals surface area contributed by atoms with Crippen molar-refractivity contribution in [1.29, 1.82) is 0 Å². The minimum Gasteiger partial charge on any atom is -0.330 e. The maximum Gasteiger partial charge on any atom is 0.0441 e. The topological polar surface area (TPSA) is 26.0 Å². The molecule has 0 bridgehead atoms. The summed E-state index contributed by atoms with van der Waals surface area (Å²) in [5.41, 5.74) is 9.14. The van der Waals surface area contributed by atoms with Gasteiger partial charge in [-0.1, -0.05) is 23.7 Å². The molecule has 0 saturated carbocycles. The van der Waals surface area contributed by atoms with Gasteiger partial charge in [0.1, 0.15) is 0 Å². The van der Waals surface area contributed by atoms with E-state index in [9.17, 15) is 0 Å². The van der Waals surface area contributed by atoms with Gasteiger partial charge in [-0.3, -0.25) is 0 Å². The highest BCUT2D eigenvalue weighted by molar-refractivity contribution is 7.13. The van der Waals surface area contributed by atoms with Gasteiger partial charge in [-0.05, 0) is 54.1 Å². The molecule has 16 heavy (non-hydrogen) atoms. The highest BCUT2D eigenvalue weighted by Crippen LogP contribution is 2.30. The lowest BCUT2D eigenvalue weighted by Gasteiger charge is -2.01. The third-order valence-corrected chi connectivity index (χ3v) is 3.98. The Labute approximate surface area is 105 Å². The van der Waals surface area contributed by atoms with Gasteiger partial charge in [-0.2, -0.15) is 0 Å². The molecule has 0 spiro atoms. The molecule has 0 atom stereocenters. The molecular formula is C13H14ClNS. The molecule has 2 aromatic rings. The second-order valence-corrected chi connectivity index (χ2v) is 5.14. The van der Waals surface area contributed by atoms with Crippen LogP contribution in [-0.2, 0) is 6.42 Å². The molecule has 1 heterocycles. The van der Waals surface area contributed by atoms with Gasteiger partial charge in [0, 0.05) is 9.90 Å². The lowest BCUT2D eigenvalue weighted by Crippen LogP contribution is -2.01. The Morgan fingerprint density at radius 2 is 2.12 bits per heavy atom. The summed E-state index contributed by atoms with van der Waals surface area (Å²) >= 11 is 7.86. The fraction of sp³-hybridized carbons (Fsp3) is 0.231. The first-order valence-corrected chi connectivity index (χ1v) is 6.50. The summed E-state index contributed by atoms with van der Waals surface area (Å²) in [5.74, 6) is 0. The van der Waals surface area contributed by atoms with E-state index in [1.165, 1.54) is 16.0 Å². The van der Waals surface area contributed by atoms with E-state index in [0.29, 0.717) is 6.54 Å². The first kappa shape index (κ1) is 11.6. The fourth-order valence-corrected chi connectivity index (χ4v) is 2.70. The van der Waals surface area contributed by atoms with Gasteiger partial charge in [-0.15, -0.1) is 11.3 Å². The van der Waals surface area contributed by atoms with Crippen molar-refractivity contribution in [3.05, 3.63) is 45.8 Å². The van der Waals surface area contributed by atoms with Crippen LogP contribution in [0.25, 0.3) is 10.4 Å². The number of rotatable bonds is 3. The zero-order chi connectivity index (χ0) is 11.5. The van der Waals surface area contributed by atoms with E-state index in [2.05, 4.69) is 23.6 Å². The van der Waals surface area contributed by atoms with Crippen LogP contribution >= 0.6 is 22.9 Å². The van der Waals surface area contributed by atoms with Crippen molar-refractivity contribution in [3.8, 4) is 10.4 Å². The Morgan fingerprint density at radius 1 is 1.31 bits per heavy atom. The summed E-state index contributed by atoms with van der Waals surface area (Å²) in [6.45, 7) is 2.71. The van der Waals surface area contributed by atoms with E-state index in [1.54, 1.807) is 11.3 Å². The second kappa shape index (κ2) is 5.00. The molecule has 0 fully saturated rings. The Kier molecular flexibility index (Phi) is 3.64. The Balaban J connectivity index is 2.31. The third kappa shape index (κ3) is 2.46. The van der Waals surface area contributed by atoms with Crippen LogP contribution in [-0.4, -0.2) is 6.54 Å². The van der Waals surface area contributed by atoms with Crippen LogP contribution in [0, 0.1) is 6.92 Å². The average molecular weight is 252 g/mol. The number of thiophene rings is 1. The molecule has 0 aliphatic rings. The number of hydrogen-bond acceptors (Lipinski definition) is 2. The Morgan fingerprint density at radius 3 is 2.81 bits per heavy atom. The molecule has 1 nitrogen and oxygen atoms in total. The average Bonchev–Trinajstić information content (AvgIpc) is 2.71. The molecule has 0 saturated heterocycles. The maximum absolute atomic E-state index is 6.12. The lowest BCUT2D eigenvalue weighted by molar-refractivity contribution is 0.974. The van der Waals surface area contributed by atoms with E-state index in [4.69, 9.17) is 17.3 Å². The summed E-state index contributed by atoms with van der Waals surface area (Å²) in [6, 6.07) is 8.38. The quantitative estimate of drug-likeness (QED) is 0.880. The summed E-state index contributed by atoms with van der Waals surface area (Å²) in [7, 11) is 0. The van der Waals surface area contributed by atoms with Crippen LogP contribution in [0.15, 0.2) is 29.6 Å². The predicted molar refractivity (Wildman–Crippen MR) is 72.3 cm³/mol. The van der Waals surface area contributed by atoms with Crippen molar-refractivity contribution in [2.75, 3.05) is 6.54 Å². The largest absolute Gasteiger partial charge is 0.330 e. The second-order valence-electron chi connectivity index (χ2n) is 3.82. The maximum atomic E-state index is 6.12. The summed E-state index contributed by atoms with van der Waals surface area (Å²) in [6.07, 6.45) is 0.941. The molecule has 0 aliphatic carbocycles.